The van der Waals surface area contributed by atoms with E-state index in [0.29, 0.717) is 30.0 Å². The van der Waals surface area contributed by atoms with E-state index in [-0.39, 0.29) is 30.2 Å². The summed E-state index contributed by atoms with van der Waals surface area (Å²) in [6.45, 7) is 5.45. The molecule has 1 atom stereocenters. The smallest absolute Gasteiger partial charge is 0.285 e. The molecule has 10 nitrogen and oxygen atoms in total. The average molecular weight is 490 g/mol. The molecular formula is C26H29N6O4. The van der Waals surface area contributed by atoms with Crippen molar-refractivity contribution in [1.82, 2.24) is 25.1 Å². The zero-order valence-corrected chi connectivity index (χ0v) is 20.6. The van der Waals surface area contributed by atoms with Gasteiger partial charge in [-0.2, -0.15) is 0 Å². The lowest BCUT2D eigenvalue weighted by Gasteiger charge is -2.31. The SMILES string of the molecule is COCn1nnnc1C1CCCN(C(=O)/C=C/c2cc[c]c([N+](=O)[O-])c2-c2ccccc2C(C)C)C1. The number of ether oxygens (including phenoxy) is 1. The van der Waals surface area contributed by atoms with E-state index in [2.05, 4.69) is 21.6 Å². The Kier molecular flexibility index (Phi) is 7.84. The Labute approximate surface area is 209 Å². The molecule has 0 bridgehead atoms. The predicted molar refractivity (Wildman–Crippen MR) is 134 cm³/mol. The Balaban J connectivity index is 1.62. The van der Waals surface area contributed by atoms with Crippen LogP contribution in [0.25, 0.3) is 17.2 Å². The van der Waals surface area contributed by atoms with Crippen LogP contribution in [0, 0.1) is 16.2 Å². The highest BCUT2D eigenvalue weighted by molar-refractivity contribution is 5.94. The lowest BCUT2D eigenvalue weighted by Crippen LogP contribution is -2.39. The second-order valence-electron chi connectivity index (χ2n) is 9.07. The van der Waals surface area contributed by atoms with Crippen molar-refractivity contribution in [3.8, 4) is 11.1 Å². The largest absolute Gasteiger partial charge is 0.362 e. The van der Waals surface area contributed by atoms with Crippen LogP contribution in [0.1, 0.15) is 55.5 Å². The van der Waals surface area contributed by atoms with Gasteiger partial charge >= 0.3 is 0 Å². The molecule has 1 saturated heterocycles. The minimum absolute atomic E-state index is 0.00198. The number of piperidine rings is 1. The third kappa shape index (κ3) is 5.33. The molecule has 2 heterocycles. The number of aromatic nitrogens is 4. The minimum Gasteiger partial charge on any atom is -0.362 e. The summed E-state index contributed by atoms with van der Waals surface area (Å²) in [5, 5.41) is 23.7. The molecule has 1 fully saturated rings. The van der Waals surface area contributed by atoms with Crippen LogP contribution in [0.3, 0.4) is 0 Å². The standard InChI is InChI=1S/C26H29N6O4/c1-18(2)21-10-4-5-11-22(21)25-19(8-6-12-23(25)32(34)35)13-14-24(33)30-15-7-9-20(16-30)26-27-28-29-31(26)17-36-3/h4-6,8,10-11,13-14,18,20H,7,9,15-17H2,1-3H3/b14-13+. The van der Waals surface area contributed by atoms with Gasteiger partial charge in [-0.15, -0.1) is 5.10 Å². The molecule has 4 rings (SSSR count). The number of methoxy groups -OCH3 is 1. The van der Waals surface area contributed by atoms with Crippen LogP contribution in [-0.4, -0.2) is 56.1 Å². The molecule has 1 aromatic heterocycles. The number of amides is 1. The van der Waals surface area contributed by atoms with Crippen LogP contribution >= 0.6 is 0 Å². The fourth-order valence-corrected chi connectivity index (χ4v) is 4.67. The molecule has 1 radical (unpaired) electrons. The van der Waals surface area contributed by atoms with E-state index in [4.69, 9.17) is 4.74 Å². The number of likely N-dealkylation sites (tertiary alicyclic amines) is 1. The number of tetrazole rings is 1. The molecule has 1 unspecified atom stereocenters. The van der Waals surface area contributed by atoms with Gasteiger partial charge in [-0.3, -0.25) is 14.9 Å². The molecule has 0 N–H and O–H groups in total. The fourth-order valence-electron chi connectivity index (χ4n) is 4.67. The van der Waals surface area contributed by atoms with Gasteiger partial charge in [0.2, 0.25) is 5.91 Å². The van der Waals surface area contributed by atoms with E-state index >= 15 is 0 Å². The molecule has 1 aliphatic rings. The van der Waals surface area contributed by atoms with Gasteiger partial charge in [-0.25, -0.2) is 4.68 Å². The summed E-state index contributed by atoms with van der Waals surface area (Å²) in [4.78, 5) is 26.4. The third-order valence-corrected chi connectivity index (χ3v) is 6.36. The van der Waals surface area contributed by atoms with Crippen LogP contribution in [0.5, 0.6) is 0 Å². The Hall–Kier alpha value is -3.92. The molecule has 0 spiro atoms. The van der Waals surface area contributed by atoms with Crippen molar-refractivity contribution in [2.45, 2.75) is 45.3 Å². The fraction of sp³-hybridized carbons (Fsp3) is 0.385. The second-order valence-corrected chi connectivity index (χ2v) is 9.07. The van der Waals surface area contributed by atoms with Crippen molar-refractivity contribution in [2.75, 3.05) is 20.2 Å². The van der Waals surface area contributed by atoms with E-state index in [9.17, 15) is 14.9 Å². The minimum atomic E-state index is -0.426. The van der Waals surface area contributed by atoms with E-state index < -0.39 is 4.92 Å². The monoisotopic (exact) mass is 489 g/mol. The van der Waals surface area contributed by atoms with E-state index in [1.807, 2.05) is 38.1 Å². The molecular weight excluding hydrogens is 460 g/mol. The third-order valence-electron chi connectivity index (χ3n) is 6.36. The maximum absolute atomic E-state index is 13.2. The maximum Gasteiger partial charge on any atom is 0.285 e. The lowest BCUT2D eigenvalue weighted by atomic mass is 9.89. The lowest BCUT2D eigenvalue weighted by molar-refractivity contribution is -0.384. The first-order valence-corrected chi connectivity index (χ1v) is 11.9. The van der Waals surface area contributed by atoms with E-state index in [0.717, 1.165) is 24.0 Å². The molecule has 0 aliphatic carbocycles. The molecule has 0 saturated carbocycles. The number of hydrogen-bond donors (Lipinski definition) is 0. The summed E-state index contributed by atoms with van der Waals surface area (Å²) in [6.07, 6.45) is 4.84. The molecule has 3 aromatic rings. The van der Waals surface area contributed by atoms with Gasteiger partial charge in [-0.05, 0) is 58.0 Å². The Morgan fingerprint density at radius 2 is 2.14 bits per heavy atom. The van der Waals surface area contributed by atoms with Crippen molar-refractivity contribution in [3.05, 3.63) is 75.6 Å². The average Bonchev–Trinajstić information content (AvgIpc) is 3.35. The summed E-state index contributed by atoms with van der Waals surface area (Å²) in [6, 6.07) is 13.7. The number of nitro benzene ring substituents is 1. The number of hydrogen-bond acceptors (Lipinski definition) is 7. The Morgan fingerprint density at radius 3 is 2.89 bits per heavy atom. The predicted octanol–water partition coefficient (Wildman–Crippen LogP) is 4.20. The van der Waals surface area contributed by atoms with Crippen LogP contribution in [-0.2, 0) is 16.3 Å². The number of carbonyl (C=O) groups is 1. The highest BCUT2D eigenvalue weighted by Gasteiger charge is 2.28. The molecule has 36 heavy (non-hydrogen) atoms. The molecule has 187 valence electrons. The first-order valence-electron chi connectivity index (χ1n) is 11.9. The quantitative estimate of drug-likeness (QED) is 0.264. The van der Waals surface area contributed by atoms with Gasteiger partial charge in [-0.1, -0.05) is 44.2 Å². The normalized spacial score (nSPS) is 16.1. The number of carbonyl (C=O) groups excluding carboxylic acids is 1. The molecule has 1 aliphatic heterocycles. The Bertz CT molecular complexity index is 1270. The van der Waals surface area contributed by atoms with Crippen LogP contribution in [0.4, 0.5) is 5.69 Å². The summed E-state index contributed by atoms with van der Waals surface area (Å²) in [7, 11) is 1.58. The molecule has 10 heteroatoms. The van der Waals surface area contributed by atoms with Crippen molar-refractivity contribution in [1.29, 1.82) is 0 Å². The van der Waals surface area contributed by atoms with Gasteiger partial charge < -0.3 is 9.64 Å². The number of nitro groups is 1. The summed E-state index contributed by atoms with van der Waals surface area (Å²) >= 11 is 0. The first-order chi connectivity index (χ1) is 17.4. The van der Waals surface area contributed by atoms with E-state index in [1.165, 1.54) is 12.1 Å². The van der Waals surface area contributed by atoms with Gasteiger partial charge in [0, 0.05) is 32.2 Å². The van der Waals surface area contributed by atoms with Gasteiger partial charge in [0.1, 0.15) is 6.73 Å². The first kappa shape index (κ1) is 25.2. The highest BCUT2D eigenvalue weighted by atomic mass is 16.6. The van der Waals surface area contributed by atoms with Crippen LogP contribution < -0.4 is 0 Å². The van der Waals surface area contributed by atoms with Gasteiger partial charge in [0.05, 0.1) is 16.6 Å². The summed E-state index contributed by atoms with van der Waals surface area (Å²) in [5.41, 5.74) is 2.71. The molecule has 1 amide bonds. The maximum atomic E-state index is 13.2. The Morgan fingerprint density at radius 1 is 1.33 bits per heavy atom. The zero-order valence-electron chi connectivity index (χ0n) is 20.6. The number of rotatable bonds is 8. The zero-order chi connectivity index (χ0) is 25.7. The van der Waals surface area contributed by atoms with Crippen LogP contribution in [0.15, 0.2) is 42.5 Å². The summed E-state index contributed by atoms with van der Waals surface area (Å²) < 4.78 is 6.76. The number of benzene rings is 2. The summed E-state index contributed by atoms with van der Waals surface area (Å²) in [5.74, 6) is 0.700. The van der Waals surface area contributed by atoms with Crippen molar-refractivity contribution in [3.63, 3.8) is 0 Å². The number of nitrogens with zero attached hydrogens (tertiary/aromatic N) is 6. The van der Waals surface area contributed by atoms with Gasteiger partial charge in [0.25, 0.3) is 5.69 Å². The van der Waals surface area contributed by atoms with Crippen molar-refractivity contribution < 1.29 is 14.5 Å². The topological polar surface area (TPSA) is 116 Å². The van der Waals surface area contributed by atoms with Crippen LogP contribution in [0.2, 0.25) is 0 Å². The van der Waals surface area contributed by atoms with E-state index in [1.54, 1.807) is 28.8 Å². The molecule has 2 aromatic carbocycles. The second kappa shape index (κ2) is 11.2. The van der Waals surface area contributed by atoms with Crippen molar-refractivity contribution in [2.24, 2.45) is 0 Å². The highest BCUT2D eigenvalue weighted by Crippen LogP contribution is 2.38. The van der Waals surface area contributed by atoms with Gasteiger partial charge in [0.15, 0.2) is 5.82 Å². The van der Waals surface area contributed by atoms with Crippen molar-refractivity contribution >= 4 is 17.7 Å².